The maximum atomic E-state index is 13.3. The zero-order chi connectivity index (χ0) is 23.1. The standard InChI is InChI=1S/C24H17ClN4O2S2/c25-14-7-9-15(10-8-14)29-22(31)18(21(30)27-24(29)32)12-16-4-3-11-28(16)23-19(13-26)17-5-1-2-6-20(17)33-23/h3-4,7-12H,1-2,5-6H2,(H,27,30,32). The van der Waals surface area contributed by atoms with Gasteiger partial charge in [0, 0.05) is 21.8 Å². The summed E-state index contributed by atoms with van der Waals surface area (Å²) in [5.74, 6) is -1.08. The van der Waals surface area contributed by atoms with Crippen LogP contribution in [0.15, 0.2) is 48.2 Å². The zero-order valence-electron chi connectivity index (χ0n) is 17.3. The van der Waals surface area contributed by atoms with E-state index in [0.29, 0.717) is 22.0 Å². The number of aryl methyl sites for hydroxylation is 1. The monoisotopic (exact) mass is 492 g/mol. The summed E-state index contributed by atoms with van der Waals surface area (Å²) in [4.78, 5) is 28.5. The summed E-state index contributed by atoms with van der Waals surface area (Å²) in [6.07, 6.45) is 7.46. The molecule has 1 aliphatic heterocycles. The van der Waals surface area contributed by atoms with E-state index in [1.807, 2.05) is 22.9 Å². The molecule has 3 heterocycles. The Morgan fingerprint density at radius 3 is 2.67 bits per heavy atom. The van der Waals surface area contributed by atoms with Crippen LogP contribution in [0, 0.1) is 11.3 Å². The molecule has 1 N–H and O–H groups in total. The first-order valence-electron chi connectivity index (χ1n) is 10.4. The summed E-state index contributed by atoms with van der Waals surface area (Å²) < 4.78 is 1.87. The molecule has 1 aromatic carbocycles. The number of anilines is 1. The van der Waals surface area contributed by atoms with Gasteiger partial charge in [0.1, 0.15) is 16.6 Å². The number of aromatic nitrogens is 1. The fourth-order valence-electron chi connectivity index (χ4n) is 4.16. The van der Waals surface area contributed by atoms with Crippen LogP contribution in [-0.2, 0) is 22.4 Å². The number of halogens is 1. The van der Waals surface area contributed by atoms with Crippen molar-refractivity contribution in [1.29, 1.82) is 5.26 Å². The lowest BCUT2D eigenvalue weighted by Gasteiger charge is -2.29. The number of nitrogens with one attached hydrogen (secondary N) is 1. The highest BCUT2D eigenvalue weighted by molar-refractivity contribution is 7.80. The summed E-state index contributed by atoms with van der Waals surface area (Å²) in [5.41, 5.74) is 2.90. The van der Waals surface area contributed by atoms with Gasteiger partial charge in [-0.2, -0.15) is 5.26 Å². The van der Waals surface area contributed by atoms with Crippen LogP contribution in [0.3, 0.4) is 0 Å². The van der Waals surface area contributed by atoms with E-state index in [1.54, 1.807) is 41.7 Å². The third-order valence-corrected chi connectivity index (χ3v) is 7.57. The molecular weight excluding hydrogens is 476 g/mol. The van der Waals surface area contributed by atoms with Crippen LogP contribution in [0.2, 0.25) is 5.02 Å². The van der Waals surface area contributed by atoms with Crippen LogP contribution in [0.1, 0.15) is 34.5 Å². The van der Waals surface area contributed by atoms with Gasteiger partial charge in [0.2, 0.25) is 0 Å². The Labute approximate surface area is 204 Å². The third-order valence-electron chi connectivity index (χ3n) is 5.74. The number of fused-ring (bicyclic) bond motifs is 1. The summed E-state index contributed by atoms with van der Waals surface area (Å²) in [7, 11) is 0. The van der Waals surface area contributed by atoms with Gasteiger partial charge >= 0.3 is 0 Å². The van der Waals surface area contributed by atoms with Crippen LogP contribution in [0.4, 0.5) is 5.69 Å². The molecule has 0 radical (unpaired) electrons. The van der Waals surface area contributed by atoms with Crippen molar-refractivity contribution < 1.29 is 9.59 Å². The van der Waals surface area contributed by atoms with E-state index in [2.05, 4.69) is 11.4 Å². The fourth-order valence-corrected chi connectivity index (χ4v) is 5.91. The molecule has 33 heavy (non-hydrogen) atoms. The molecule has 1 saturated heterocycles. The molecule has 1 fully saturated rings. The highest BCUT2D eigenvalue weighted by atomic mass is 35.5. The molecule has 1 aliphatic carbocycles. The molecule has 5 rings (SSSR count). The number of amides is 2. The Hall–Kier alpha value is -3.25. The second kappa shape index (κ2) is 8.60. The summed E-state index contributed by atoms with van der Waals surface area (Å²) in [5, 5.41) is 13.8. The van der Waals surface area contributed by atoms with Gasteiger partial charge < -0.3 is 4.57 Å². The Bertz CT molecular complexity index is 1380. The molecule has 0 bridgehead atoms. The van der Waals surface area contributed by atoms with Crippen LogP contribution in [-0.4, -0.2) is 21.5 Å². The minimum atomic E-state index is -0.561. The Morgan fingerprint density at radius 1 is 1.15 bits per heavy atom. The van der Waals surface area contributed by atoms with Gasteiger partial charge in [-0.25, -0.2) is 0 Å². The molecule has 0 unspecified atom stereocenters. The maximum Gasteiger partial charge on any atom is 0.270 e. The number of thiophene rings is 1. The lowest BCUT2D eigenvalue weighted by Crippen LogP contribution is -2.54. The SMILES string of the molecule is N#Cc1c(-n2cccc2C=C2C(=O)NC(=S)N(c3ccc(Cl)cc3)C2=O)sc2c1CCCC2. The smallest absolute Gasteiger partial charge is 0.270 e. The van der Waals surface area contributed by atoms with Crippen molar-refractivity contribution in [1.82, 2.24) is 9.88 Å². The summed E-state index contributed by atoms with van der Waals surface area (Å²) in [6, 6.07) is 12.6. The predicted octanol–water partition coefficient (Wildman–Crippen LogP) is 4.77. The first-order chi connectivity index (χ1) is 16.0. The first kappa shape index (κ1) is 21.6. The summed E-state index contributed by atoms with van der Waals surface area (Å²) in [6.45, 7) is 0. The topological polar surface area (TPSA) is 78.1 Å². The van der Waals surface area contributed by atoms with E-state index < -0.39 is 11.8 Å². The molecule has 0 saturated carbocycles. The quantitative estimate of drug-likeness (QED) is 0.324. The Balaban J connectivity index is 1.56. The predicted molar refractivity (Wildman–Crippen MR) is 133 cm³/mol. The van der Waals surface area contributed by atoms with E-state index in [0.717, 1.165) is 36.2 Å². The van der Waals surface area contributed by atoms with Crippen molar-refractivity contribution in [2.75, 3.05) is 4.90 Å². The van der Waals surface area contributed by atoms with E-state index in [1.165, 1.54) is 9.78 Å². The van der Waals surface area contributed by atoms with Gasteiger partial charge in [-0.05, 0) is 85.9 Å². The molecular formula is C24H17ClN4O2S2. The minimum absolute atomic E-state index is 0.0116. The Kier molecular flexibility index (Phi) is 5.62. The largest absolute Gasteiger partial charge is 0.308 e. The number of rotatable bonds is 3. The van der Waals surface area contributed by atoms with Crippen LogP contribution in [0.5, 0.6) is 0 Å². The van der Waals surface area contributed by atoms with Gasteiger partial charge in [0.15, 0.2) is 5.11 Å². The van der Waals surface area contributed by atoms with Crippen LogP contribution >= 0.6 is 35.2 Å². The van der Waals surface area contributed by atoms with Crippen molar-refractivity contribution in [3.05, 3.63) is 74.9 Å². The van der Waals surface area contributed by atoms with Crippen molar-refractivity contribution in [3.8, 4) is 11.1 Å². The molecule has 2 amide bonds. The molecule has 0 atom stereocenters. The number of nitrogens with zero attached hydrogens (tertiary/aromatic N) is 3. The van der Waals surface area contributed by atoms with Gasteiger partial charge in [0.25, 0.3) is 11.8 Å². The number of carbonyl (C=O) groups is 2. The van der Waals surface area contributed by atoms with E-state index >= 15 is 0 Å². The van der Waals surface area contributed by atoms with Crippen molar-refractivity contribution in [2.45, 2.75) is 25.7 Å². The minimum Gasteiger partial charge on any atom is -0.308 e. The molecule has 0 spiro atoms. The molecule has 2 aromatic heterocycles. The Morgan fingerprint density at radius 2 is 1.91 bits per heavy atom. The maximum absolute atomic E-state index is 13.3. The number of benzene rings is 1. The number of thiocarbonyl (C=S) groups is 1. The fraction of sp³-hybridized carbons (Fsp3) is 0.167. The first-order valence-corrected chi connectivity index (χ1v) is 12.0. The zero-order valence-corrected chi connectivity index (χ0v) is 19.7. The van der Waals surface area contributed by atoms with Crippen molar-refractivity contribution >= 4 is 63.8 Å². The molecule has 6 nitrogen and oxygen atoms in total. The highest BCUT2D eigenvalue weighted by Crippen LogP contribution is 2.37. The highest BCUT2D eigenvalue weighted by Gasteiger charge is 2.35. The molecule has 3 aromatic rings. The summed E-state index contributed by atoms with van der Waals surface area (Å²) >= 11 is 12.8. The number of hydrogen-bond acceptors (Lipinski definition) is 5. The normalized spacial score (nSPS) is 17.2. The number of carbonyl (C=O) groups excluding carboxylic acids is 2. The third kappa shape index (κ3) is 3.78. The van der Waals surface area contributed by atoms with Crippen LogP contribution < -0.4 is 10.2 Å². The van der Waals surface area contributed by atoms with Gasteiger partial charge in [-0.15, -0.1) is 11.3 Å². The number of nitriles is 1. The second-order valence-electron chi connectivity index (χ2n) is 7.74. The average molecular weight is 493 g/mol. The van der Waals surface area contributed by atoms with Gasteiger partial charge in [-0.3, -0.25) is 19.8 Å². The molecule has 2 aliphatic rings. The van der Waals surface area contributed by atoms with Crippen molar-refractivity contribution in [2.24, 2.45) is 0 Å². The lowest BCUT2D eigenvalue weighted by atomic mass is 9.96. The van der Waals surface area contributed by atoms with Gasteiger partial charge in [-0.1, -0.05) is 11.6 Å². The number of hydrogen-bond donors (Lipinski definition) is 1. The van der Waals surface area contributed by atoms with E-state index in [4.69, 9.17) is 23.8 Å². The second-order valence-corrected chi connectivity index (χ2v) is 9.65. The van der Waals surface area contributed by atoms with Crippen molar-refractivity contribution in [3.63, 3.8) is 0 Å². The van der Waals surface area contributed by atoms with Gasteiger partial charge in [0.05, 0.1) is 11.3 Å². The molecule has 164 valence electrons. The lowest BCUT2D eigenvalue weighted by molar-refractivity contribution is -0.122. The van der Waals surface area contributed by atoms with Crippen LogP contribution in [0.25, 0.3) is 11.1 Å². The molecule has 9 heteroatoms. The average Bonchev–Trinajstić information content (AvgIpc) is 3.41. The van der Waals surface area contributed by atoms with E-state index in [9.17, 15) is 14.9 Å². The van der Waals surface area contributed by atoms with E-state index in [-0.39, 0.29) is 10.7 Å².